The van der Waals surface area contributed by atoms with Crippen molar-refractivity contribution in [3.05, 3.63) is 12.2 Å². The Morgan fingerprint density at radius 1 is 1.53 bits per heavy atom. The maximum absolute atomic E-state index is 11.3. The van der Waals surface area contributed by atoms with E-state index >= 15 is 0 Å². The summed E-state index contributed by atoms with van der Waals surface area (Å²) in [5, 5.41) is 19.7. The van der Waals surface area contributed by atoms with Gasteiger partial charge in [0.05, 0.1) is 6.54 Å². The van der Waals surface area contributed by atoms with Crippen LogP contribution in [-0.2, 0) is 9.59 Å². The minimum atomic E-state index is -1.52. The molecular formula is C10H15NO4. The fourth-order valence-corrected chi connectivity index (χ4v) is 1.47. The fraction of sp³-hybridized carbons (Fsp3) is 0.600. The molecule has 3 N–H and O–H groups in total. The van der Waals surface area contributed by atoms with E-state index in [1.165, 1.54) is 0 Å². The third kappa shape index (κ3) is 4.12. The summed E-state index contributed by atoms with van der Waals surface area (Å²) in [6.45, 7) is -0.232. The molecule has 0 saturated heterocycles. The molecule has 0 aromatic rings. The molecule has 0 aromatic heterocycles. The number of hydrogen-bond donors (Lipinski definition) is 3. The summed E-state index contributed by atoms with van der Waals surface area (Å²) in [4.78, 5) is 21.5. The van der Waals surface area contributed by atoms with Crippen molar-refractivity contribution in [3.63, 3.8) is 0 Å². The zero-order chi connectivity index (χ0) is 11.3. The standard InChI is InChI=1S/C10H15NO4/c12-8(10(14)15)6-11-9(13)5-7-3-1-2-4-7/h1,3,7-8,12H,2,4-6H2,(H,11,13)(H,14,15). The SMILES string of the molecule is O=C(CC1C=CCC1)NCC(O)C(=O)O. The summed E-state index contributed by atoms with van der Waals surface area (Å²) in [6, 6.07) is 0. The highest BCUT2D eigenvalue weighted by Crippen LogP contribution is 2.19. The van der Waals surface area contributed by atoms with Gasteiger partial charge in [0, 0.05) is 6.42 Å². The van der Waals surface area contributed by atoms with Gasteiger partial charge in [0.2, 0.25) is 5.91 Å². The van der Waals surface area contributed by atoms with E-state index in [2.05, 4.69) is 5.32 Å². The van der Waals surface area contributed by atoms with Crippen LogP contribution in [0.2, 0.25) is 0 Å². The molecule has 0 aromatic carbocycles. The number of carbonyl (C=O) groups excluding carboxylic acids is 1. The molecule has 1 aliphatic rings. The number of aliphatic hydroxyl groups excluding tert-OH is 1. The molecule has 84 valence electrons. The first-order valence-corrected chi connectivity index (χ1v) is 4.94. The number of rotatable bonds is 5. The third-order valence-electron chi connectivity index (χ3n) is 2.34. The van der Waals surface area contributed by atoms with E-state index in [0.29, 0.717) is 6.42 Å². The number of amides is 1. The van der Waals surface area contributed by atoms with Crippen LogP contribution >= 0.6 is 0 Å². The first kappa shape index (κ1) is 11.7. The van der Waals surface area contributed by atoms with E-state index in [1.807, 2.05) is 12.2 Å². The van der Waals surface area contributed by atoms with Crippen LogP contribution in [0.1, 0.15) is 19.3 Å². The highest BCUT2D eigenvalue weighted by atomic mass is 16.4. The Kier molecular flexibility index (Phi) is 4.30. The Labute approximate surface area is 87.8 Å². The van der Waals surface area contributed by atoms with E-state index < -0.39 is 12.1 Å². The number of carbonyl (C=O) groups is 2. The van der Waals surface area contributed by atoms with Gasteiger partial charge in [-0.15, -0.1) is 0 Å². The van der Waals surface area contributed by atoms with Crippen molar-refractivity contribution in [1.29, 1.82) is 0 Å². The maximum atomic E-state index is 11.3. The lowest BCUT2D eigenvalue weighted by molar-refractivity contribution is -0.146. The van der Waals surface area contributed by atoms with E-state index in [0.717, 1.165) is 12.8 Å². The number of nitrogens with one attached hydrogen (secondary N) is 1. The van der Waals surface area contributed by atoms with Gasteiger partial charge in [-0.25, -0.2) is 4.79 Å². The average Bonchev–Trinajstić information content (AvgIpc) is 2.66. The summed E-state index contributed by atoms with van der Waals surface area (Å²) >= 11 is 0. The monoisotopic (exact) mass is 213 g/mol. The summed E-state index contributed by atoms with van der Waals surface area (Å²) in [5.74, 6) is -1.28. The molecule has 5 nitrogen and oxygen atoms in total. The molecule has 0 heterocycles. The Hall–Kier alpha value is -1.36. The van der Waals surface area contributed by atoms with Crippen molar-refractivity contribution < 1.29 is 19.8 Å². The topological polar surface area (TPSA) is 86.6 Å². The predicted octanol–water partition coefficient (Wildman–Crippen LogP) is -0.0956. The number of carboxylic acid groups (broad SMARTS) is 1. The fourth-order valence-electron chi connectivity index (χ4n) is 1.47. The molecule has 2 atom stereocenters. The number of aliphatic hydroxyl groups is 1. The highest BCUT2D eigenvalue weighted by molar-refractivity contribution is 5.78. The van der Waals surface area contributed by atoms with Crippen molar-refractivity contribution in [2.24, 2.45) is 5.92 Å². The largest absolute Gasteiger partial charge is 0.479 e. The Balaban J connectivity index is 2.18. The van der Waals surface area contributed by atoms with E-state index in [4.69, 9.17) is 10.2 Å². The first-order valence-electron chi connectivity index (χ1n) is 4.94. The summed E-state index contributed by atoms with van der Waals surface area (Å²) < 4.78 is 0. The Morgan fingerprint density at radius 2 is 2.27 bits per heavy atom. The molecule has 1 rings (SSSR count). The van der Waals surface area contributed by atoms with Gasteiger partial charge in [-0.3, -0.25) is 4.79 Å². The van der Waals surface area contributed by atoms with Gasteiger partial charge >= 0.3 is 5.97 Å². The first-order chi connectivity index (χ1) is 7.09. The van der Waals surface area contributed by atoms with Crippen LogP contribution in [0.4, 0.5) is 0 Å². The predicted molar refractivity (Wildman–Crippen MR) is 53.1 cm³/mol. The Morgan fingerprint density at radius 3 is 2.80 bits per heavy atom. The van der Waals surface area contributed by atoms with Gasteiger partial charge in [0.25, 0.3) is 0 Å². The van der Waals surface area contributed by atoms with Crippen LogP contribution in [0.5, 0.6) is 0 Å². The van der Waals surface area contributed by atoms with Crippen LogP contribution < -0.4 is 5.32 Å². The van der Waals surface area contributed by atoms with E-state index in [-0.39, 0.29) is 18.4 Å². The van der Waals surface area contributed by atoms with Gasteiger partial charge in [-0.1, -0.05) is 12.2 Å². The van der Waals surface area contributed by atoms with Crippen molar-refractivity contribution >= 4 is 11.9 Å². The lowest BCUT2D eigenvalue weighted by atomic mass is 10.1. The molecule has 0 aliphatic heterocycles. The Bertz CT molecular complexity index is 275. The molecule has 0 bridgehead atoms. The second-order valence-electron chi connectivity index (χ2n) is 3.63. The molecular weight excluding hydrogens is 198 g/mol. The summed E-state index contributed by atoms with van der Waals surface area (Å²) in [7, 11) is 0. The third-order valence-corrected chi connectivity index (χ3v) is 2.34. The van der Waals surface area contributed by atoms with Crippen LogP contribution in [0.15, 0.2) is 12.2 Å². The van der Waals surface area contributed by atoms with E-state index in [1.54, 1.807) is 0 Å². The molecule has 15 heavy (non-hydrogen) atoms. The van der Waals surface area contributed by atoms with Gasteiger partial charge < -0.3 is 15.5 Å². The van der Waals surface area contributed by atoms with Crippen LogP contribution in [0.3, 0.4) is 0 Å². The zero-order valence-corrected chi connectivity index (χ0v) is 8.35. The lowest BCUT2D eigenvalue weighted by Crippen LogP contribution is -2.36. The van der Waals surface area contributed by atoms with E-state index in [9.17, 15) is 9.59 Å². The number of allylic oxidation sites excluding steroid dienone is 2. The number of carboxylic acids is 1. The van der Waals surface area contributed by atoms with Crippen molar-refractivity contribution in [3.8, 4) is 0 Å². The van der Waals surface area contributed by atoms with Crippen LogP contribution in [0.25, 0.3) is 0 Å². The summed E-state index contributed by atoms with van der Waals surface area (Å²) in [5.41, 5.74) is 0. The van der Waals surface area contributed by atoms with Crippen molar-refractivity contribution in [1.82, 2.24) is 5.32 Å². The van der Waals surface area contributed by atoms with Crippen molar-refractivity contribution in [2.75, 3.05) is 6.54 Å². The van der Waals surface area contributed by atoms with Gasteiger partial charge in [0.1, 0.15) is 0 Å². The van der Waals surface area contributed by atoms with Gasteiger partial charge in [0.15, 0.2) is 6.10 Å². The van der Waals surface area contributed by atoms with Gasteiger partial charge in [-0.05, 0) is 18.8 Å². The smallest absolute Gasteiger partial charge is 0.334 e. The second kappa shape index (κ2) is 5.50. The number of aliphatic carboxylic acids is 1. The zero-order valence-electron chi connectivity index (χ0n) is 8.35. The van der Waals surface area contributed by atoms with Crippen molar-refractivity contribution in [2.45, 2.75) is 25.4 Å². The lowest BCUT2D eigenvalue weighted by Gasteiger charge is -2.10. The molecule has 1 aliphatic carbocycles. The molecule has 5 heteroatoms. The molecule has 0 saturated carbocycles. The second-order valence-corrected chi connectivity index (χ2v) is 3.63. The maximum Gasteiger partial charge on any atom is 0.334 e. The minimum Gasteiger partial charge on any atom is -0.479 e. The molecule has 0 fully saturated rings. The van der Waals surface area contributed by atoms with Gasteiger partial charge in [-0.2, -0.15) is 0 Å². The number of hydrogen-bond acceptors (Lipinski definition) is 3. The minimum absolute atomic E-state index is 0.216. The van der Waals surface area contributed by atoms with Crippen LogP contribution in [-0.4, -0.2) is 34.7 Å². The van der Waals surface area contributed by atoms with Crippen LogP contribution in [0, 0.1) is 5.92 Å². The summed E-state index contributed by atoms with van der Waals surface area (Å²) in [6.07, 6.45) is 4.83. The quantitative estimate of drug-likeness (QED) is 0.557. The average molecular weight is 213 g/mol. The molecule has 0 spiro atoms. The molecule has 0 radical (unpaired) electrons. The molecule has 2 unspecified atom stereocenters. The normalized spacial score (nSPS) is 21.3. The highest BCUT2D eigenvalue weighted by Gasteiger charge is 2.17. The molecule has 1 amide bonds.